The van der Waals surface area contributed by atoms with E-state index < -0.39 is 0 Å². The number of anilines is 1. The molecule has 2 nitrogen and oxygen atoms in total. The number of amides is 1. The molecule has 1 aliphatic heterocycles. The molecule has 0 bridgehead atoms. The first-order chi connectivity index (χ1) is 8.24. The van der Waals surface area contributed by atoms with Gasteiger partial charge in [-0.05, 0) is 29.5 Å². The van der Waals surface area contributed by atoms with E-state index in [1.165, 1.54) is 16.7 Å². The van der Waals surface area contributed by atoms with E-state index in [4.69, 9.17) is 0 Å². The Hall–Kier alpha value is -1.61. The number of carbonyl (C=O) groups is 1. The second-order valence-corrected chi connectivity index (χ2v) is 5.34. The van der Waals surface area contributed by atoms with E-state index in [1.807, 2.05) is 5.38 Å². The Morgan fingerprint density at radius 3 is 2.76 bits per heavy atom. The van der Waals surface area contributed by atoms with Crippen molar-refractivity contribution >= 4 is 22.2 Å². The summed E-state index contributed by atoms with van der Waals surface area (Å²) in [5, 5.41) is 5.98. The van der Waals surface area contributed by atoms with Gasteiger partial charge in [-0.2, -0.15) is 0 Å². The molecule has 2 aromatic rings. The van der Waals surface area contributed by atoms with Crippen molar-refractivity contribution in [2.75, 3.05) is 5.32 Å². The first-order valence-corrected chi connectivity index (χ1v) is 6.56. The molecule has 1 unspecified atom stereocenters. The molecule has 0 aliphatic carbocycles. The molecule has 0 saturated heterocycles. The van der Waals surface area contributed by atoms with Crippen molar-refractivity contribution in [2.45, 2.75) is 19.3 Å². The van der Waals surface area contributed by atoms with E-state index in [1.54, 1.807) is 11.3 Å². The predicted molar refractivity (Wildman–Crippen MR) is 70.6 cm³/mol. The third-order valence-corrected chi connectivity index (χ3v) is 4.04. The van der Waals surface area contributed by atoms with Crippen LogP contribution in [-0.4, -0.2) is 5.91 Å². The summed E-state index contributed by atoms with van der Waals surface area (Å²) in [4.78, 5) is 11.7. The molecule has 1 atom stereocenters. The number of carbonyl (C=O) groups excluding carboxylic acids is 1. The molecule has 1 aliphatic rings. The van der Waals surface area contributed by atoms with E-state index >= 15 is 0 Å². The van der Waals surface area contributed by atoms with Crippen molar-refractivity contribution in [3.8, 4) is 0 Å². The fraction of sp³-hybridized carbons (Fsp3) is 0.214. The van der Waals surface area contributed by atoms with Crippen LogP contribution in [0.1, 0.15) is 29.0 Å². The van der Waals surface area contributed by atoms with Crippen LogP contribution in [0.4, 0.5) is 5.00 Å². The standard InChI is InChI=1S/C14H13NOS/c1-9-2-4-10(5-3-9)12-8-13(16)15-14-11(12)6-7-17-14/h2-7,12H,8H2,1H3,(H,15,16). The molecular formula is C14H13NOS. The van der Waals surface area contributed by atoms with Crippen LogP contribution in [0.3, 0.4) is 0 Å². The van der Waals surface area contributed by atoms with Gasteiger partial charge in [-0.25, -0.2) is 0 Å². The van der Waals surface area contributed by atoms with Crippen LogP contribution in [-0.2, 0) is 4.79 Å². The van der Waals surface area contributed by atoms with Gasteiger partial charge in [-0.15, -0.1) is 11.3 Å². The van der Waals surface area contributed by atoms with Gasteiger partial charge in [0, 0.05) is 12.3 Å². The molecule has 3 rings (SSSR count). The molecule has 1 aromatic carbocycles. The van der Waals surface area contributed by atoms with Gasteiger partial charge in [-0.3, -0.25) is 4.79 Å². The number of hydrogen-bond donors (Lipinski definition) is 1. The Balaban J connectivity index is 2.04. The zero-order valence-electron chi connectivity index (χ0n) is 9.57. The van der Waals surface area contributed by atoms with Gasteiger partial charge >= 0.3 is 0 Å². The lowest BCUT2D eigenvalue weighted by molar-refractivity contribution is -0.116. The largest absolute Gasteiger partial charge is 0.317 e. The average Bonchev–Trinajstić information content (AvgIpc) is 2.77. The van der Waals surface area contributed by atoms with Gasteiger partial charge in [-0.1, -0.05) is 29.8 Å². The zero-order valence-corrected chi connectivity index (χ0v) is 10.4. The number of fused-ring (bicyclic) bond motifs is 1. The minimum Gasteiger partial charge on any atom is -0.317 e. The Morgan fingerprint density at radius 1 is 1.24 bits per heavy atom. The molecule has 3 heteroatoms. The van der Waals surface area contributed by atoms with Gasteiger partial charge in [0.2, 0.25) is 5.91 Å². The lowest BCUT2D eigenvalue weighted by Gasteiger charge is -2.23. The molecule has 1 amide bonds. The summed E-state index contributed by atoms with van der Waals surface area (Å²) in [7, 11) is 0. The summed E-state index contributed by atoms with van der Waals surface area (Å²) >= 11 is 1.60. The van der Waals surface area contributed by atoms with Crippen LogP contribution in [0.15, 0.2) is 35.7 Å². The van der Waals surface area contributed by atoms with Crippen molar-refractivity contribution in [1.82, 2.24) is 0 Å². The van der Waals surface area contributed by atoms with E-state index in [-0.39, 0.29) is 11.8 Å². The van der Waals surface area contributed by atoms with E-state index in [2.05, 4.69) is 42.6 Å². The Labute approximate surface area is 104 Å². The highest BCUT2D eigenvalue weighted by atomic mass is 32.1. The Kier molecular flexibility index (Phi) is 2.48. The summed E-state index contributed by atoms with van der Waals surface area (Å²) < 4.78 is 0. The fourth-order valence-corrected chi connectivity index (χ4v) is 3.13. The van der Waals surface area contributed by atoms with Crippen LogP contribution in [0.5, 0.6) is 0 Å². The van der Waals surface area contributed by atoms with Crippen molar-refractivity contribution < 1.29 is 4.79 Å². The monoisotopic (exact) mass is 243 g/mol. The zero-order chi connectivity index (χ0) is 11.8. The number of nitrogens with one attached hydrogen (secondary N) is 1. The Bertz CT molecular complexity index is 556. The number of thiophene rings is 1. The highest BCUT2D eigenvalue weighted by Gasteiger charge is 2.27. The lowest BCUT2D eigenvalue weighted by atomic mass is 9.87. The minimum atomic E-state index is 0.116. The number of aryl methyl sites for hydroxylation is 1. The minimum absolute atomic E-state index is 0.116. The maximum absolute atomic E-state index is 11.7. The molecule has 0 radical (unpaired) electrons. The molecule has 2 heterocycles. The second kappa shape index (κ2) is 4.00. The van der Waals surface area contributed by atoms with Gasteiger partial charge in [0.25, 0.3) is 0 Å². The normalized spacial score (nSPS) is 18.6. The third-order valence-electron chi connectivity index (χ3n) is 3.19. The van der Waals surface area contributed by atoms with Gasteiger partial charge < -0.3 is 5.32 Å². The quantitative estimate of drug-likeness (QED) is 0.815. The van der Waals surface area contributed by atoms with E-state index in [9.17, 15) is 4.79 Å². The molecule has 0 saturated carbocycles. The maximum atomic E-state index is 11.7. The molecular weight excluding hydrogens is 230 g/mol. The molecule has 1 aromatic heterocycles. The fourth-order valence-electron chi connectivity index (χ4n) is 2.26. The van der Waals surface area contributed by atoms with Crippen molar-refractivity contribution in [2.24, 2.45) is 0 Å². The number of rotatable bonds is 1. The number of hydrogen-bond acceptors (Lipinski definition) is 2. The van der Waals surface area contributed by atoms with Crippen molar-refractivity contribution in [1.29, 1.82) is 0 Å². The van der Waals surface area contributed by atoms with Crippen LogP contribution < -0.4 is 5.32 Å². The highest BCUT2D eigenvalue weighted by molar-refractivity contribution is 7.14. The smallest absolute Gasteiger partial charge is 0.225 e. The first kappa shape index (κ1) is 10.5. The second-order valence-electron chi connectivity index (χ2n) is 4.42. The molecule has 17 heavy (non-hydrogen) atoms. The summed E-state index contributed by atoms with van der Waals surface area (Å²) in [5.74, 6) is 0.330. The van der Waals surface area contributed by atoms with Crippen molar-refractivity contribution in [3.63, 3.8) is 0 Å². The van der Waals surface area contributed by atoms with Gasteiger partial charge in [0.15, 0.2) is 0 Å². The predicted octanol–water partition coefficient (Wildman–Crippen LogP) is 3.53. The third kappa shape index (κ3) is 1.87. The first-order valence-electron chi connectivity index (χ1n) is 5.68. The van der Waals surface area contributed by atoms with Crippen LogP contribution in [0.2, 0.25) is 0 Å². The Morgan fingerprint density at radius 2 is 2.00 bits per heavy atom. The van der Waals surface area contributed by atoms with Gasteiger partial charge in [0.1, 0.15) is 0 Å². The number of benzene rings is 1. The van der Waals surface area contributed by atoms with Crippen LogP contribution >= 0.6 is 11.3 Å². The molecule has 86 valence electrons. The molecule has 0 fully saturated rings. The van der Waals surface area contributed by atoms with Crippen molar-refractivity contribution in [3.05, 3.63) is 52.4 Å². The lowest BCUT2D eigenvalue weighted by Crippen LogP contribution is -2.21. The van der Waals surface area contributed by atoms with Gasteiger partial charge in [0.05, 0.1) is 5.00 Å². The van der Waals surface area contributed by atoms with Crippen LogP contribution in [0, 0.1) is 6.92 Å². The highest BCUT2D eigenvalue weighted by Crippen LogP contribution is 2.39. The van der Waals surface area contributed by atoms with Crippen LogP contribution in [0.25, 0.3) is 0 Å². The summed E-state index contributed by atoms with van der Waals surface area (Å²) in [6.07, 6.45) is 0.548. The molecule has 1 N–H and O–H groups in total. The SMILES string of the molecule is Cc1ccc(C2CC(=O)Nc3sccc32)cc1. The topological polar surface area (TPSA) is 29.1 Å². The van der Waals surface area contributed by atoms with E-state index in [0.29, 0.717) is 6.42 Å². The van der Waals surface area contributed by atoms with E-state index in [0.717, 1.165) is 5.00 Å². The summed E-state index contributed by atoms with van der Waals surface area (Å²) in [6.45, 7) is 2.08. The summed E-state index contributed by atoms with van der Waals surface area (Å²) in [6, 6.07) is 10.6. The molecule has 0 spiro atoms. The maximum Gasteiger partial charge on any atom is 0.225 e. The summed E-state index contributed by atoms with van der Waals surface area (Å²) in [5.41, 5.74) is 3.73. The average molecular weight is 243 g/mol.